The van der Waals surface area contributed by atoms with Crippen LogP contribution in [0.2, 0.25) is 0 Å². The van der Waals surface area contributed by atoms with Crippen molar-refractivity contribution in [1.29, 1.82) is 0 Å². The van der Waals surface area contributed by atoms with E-state index < -0.39 is 0 Å². The zero-order valence-corrected chi connectivity index (χ0v) is 10.8. The molecular weight excluding hydrogens is 206 g/mol. The highest BCUT2D eigenvalue weighted by atomic mass is 16.5. The van der Waals surface area contributed by atoms with Crippen LogP contribution in [0.25, 0.3) is 0 Å². The lowest BCUT2D eigenvalue weighted by atomic mass is 10.1. The zero-order chi connectivity index (χ0) is 12.6. The van der Waals surface area contributed by atoms with Crippen LogP contribution in [0.3, 0.4) is 0 Å². The molecule has 0 heterocycles. The van der Waals surface area contributed by atoms with Crippen LogP contribution < -0.4 is 5.73 Å². The van der Waals surface area contributed by atoms with Gasteiger partial charge in [0, 0.05) is 32.2 Å². The molecule has 0 spiro atoms. The summed E-state index contributed by atoms with van der Waals surface area (Å²) in [6.07, 6.45) is 1.08. The van der Waals surface area contributed by atoms with Gasteiger partial charge in [-0.1, -0.05) is 19.0 Å². The maximum absolute atomic E-state index is 8.61. The van der Waals surface area contributed by atoms with E-state index in [0.29, 0.717) is 12.6 Å². The molecule has 5 nitrogen and oxygen atoms in total. The van der Waals surface area contributed by atoms with E-state index >= 15 is 0 Å². The number of nitrogens with two attached hydrogens (primary N) is 1. The smallest absolute Gasteiger partial charge is 0.143 e. The first-order chi connectivity index (χ1) is 7.56. The number of oxime groups is 1. The van der Waals surface area contributed by atoms with E-state index in [9.17, 15) is 0 Å². The summed E-state index contributed by atoms with van der Waals surface area (Å²) in [5, 5.41) is 11.7. The van der Waals surface area contributed by atoms with E-state index in [2.05, 4.69) is 23.9 Å². The van der Waals surface area contributed by atoms with Crippen LogP contribution in [-0.2, 0) is 4.74 Å². The van der Waals surface area contributed by atoms with Crippen molar-refractivity contribution in [1.82, 2.24) is 4.90 Å². The van der Waals surface area contributed by atoms with Gasteiger partial charge in [0.25, 0.3) is 0 Å². The van der Waals surface area contributed by atoms with Gasteiger partial charge in [-0.2, -0.15) is 0 Å². The third kappa shape index (κ3) is 5.32. The molecule has 2 atom stereocenters. The Balaban J connectivity index is 4.29. The van der Waals surface area contributed by atoms with E-state index in [1.807, 2.05) is 6.92 Å². The summed E-state index contributed by atoms with van der Waals surface area (Å²) in [6, 6.07) is 0.476. The van der Waals surface area contributed by atoms with Crippen molar-refractivity contribution in [3.8, 4) is 0 Å². The summed E-state index contributed by atoms with van der Waals surface area (Å²) in [7, 11) is 1.70. The van der Waals surface area contributed by atoms with Gasteiger partial charge in [0.05, 0.1) is 6.61 Å². The summed E-state index contributed by atoms with van der Waals surface area (Å²) >= 11 is 0. The zero-order valence-electron chi connectivity index (χ0n) is 10.8. The van der Waals surface area contributed by atoms with Crippen LogP contribution >= 0.6 is 0 Å². The molecule has 0 fully saturated rings. The minimum absolute atomic E-state index is 0.0517. The van der Waals surface area contributed by atoms with Crippen LogP contribution in [0.15, 0.2) is 5.16 Å². The standard InChI is InChI=1S/C11H25N3O2/c1-5-10(3)14(6-7-16-4)8-9(2)11(12)13-15/h9-10,15H,5-8H2,1-4H3,(H2,12,13). The molecule has 3 N–H and O–H groups in total. The molecule has 0 bridgehead atoms. The lowest BCUT2D eigenvalue weighted by Crippen LogP contribution is -2.41. The molecule has 0 radical (unpaired) electrons. The SMILES string of the molecule is CCC(C)N(CCOC)CC(C)C(N)=NO. The van der Waals surface area contributed by atoms with Gasteiger partial charge in [-0.05, 0) is 13.3 Å². The van der Waals surface area contributed by atoms with Crippen LogP contribution in [-0.4, -0.2) is 48.8 Å². The molecule has 96 valence electrons. The highest BCUT2D eigenvalue weighted by molar-refractivity contribution is 5.82. The number of hydrogen-bond donors (Lipinski definition) is 2. The Hall–Kier alpha value is -0.810. The predicted molar refractivity (Wildman–Crippen MR) is 65.8 cm³/mol. The van der Waals surface area contributed by atoms with Crippen LogP contribution in [0.4, 0.5) is 0 Å². The molecule has 0 rings (SSSR count). The van der Waals surface area contributed by atoms with Crippen molar-refractivity contribution >= 4 is 5.84 Å². The molecule has 16 heavy (non-hydrogen) atoms. The van der Waals surface area contributed by atoms with Gasteiger partial charge in [0.15, 0.2) is 0 Å². The quantitative estimate of drug-likeness (QED) is 0.284. The summed E-state index contributed by atoms with van der Waals surface area (Å²) in [6.45, 7) is 8.64. The highest BCUT2D eigenvalue weighted by Gasteiger charge is 2.17. The summed E-state index contributed by atoms with van der Waals surface area (Å²) < 4.78 is 5.08. The average Bonchev–Trinajstić information content (AvgIpc) is 2.31. The molecule has 0 aromatic rings. The van der Waals surface area contributed by atoms with Gasteiger partial charge in [-0.25, -0.2) is 0 Å². The predicted octanol–water partition coefficient (Wildman–Crippen LogP) is 1.12. The highest BCUT2D eigenvalue weighted by Crippen LogP contribution is 2.07. The number of hydrogen-bond acceptors (Lipinski definition) is 4. The number of amidine groups is 1. The number of nitrogens with zero attached hydrogens (tertiary/aromatic N) is 2. The largest absolute Gasteiger partial charge is 0.409 e. The Morgan fingerprint density at radius 3 is 2.56 bits per heavy atom. The van der Waals surface area contributed by atoms with Gasteiger partial charge in [-0.3, -0.25) is 4.90 Å². The van der Waals surface area contributed by atoms with E-state index in [0.717, 1.165) is 19.5 Å². The minimum Gasteiger partial charge on any atom is -0.409 e. The van der Waals surface area contributed by atoms with E-state index in [1.165, 1.54) is 0 Å². The second-order valence-electron chi connectivity index (χ2n) is 4.17. The Morgan fingerprint density at radius 1 is 1.50 bits per heavy atom. The Morgan fingerprint density at radius 2 is 2.12 bits per heavy atom. The Labute approximate surface area is 98.2 Å². The van der Waals surface area contributed by atoms with Gasteiger partial charge in [0.1, 0.15) is 5.84 Å². The van der Waals surface area contributed by atoms with Crippen molar-refractivity contribution in [2.24, 2.45) is 16.8 Å². The van der Waals surface area contributed by atoms with Crippen molar-refractivity contribution in [3.05, 3.63) is 0 Å². The Bertz CT molecular complexity index is 209. The van der Waals surface area contributed by atoms with Crippen molar-refractivity contribution in [2.45, 2.75) is 33.2 Å². The van der Waals surface area contributed by atoms with Gasteiger partial charge in [0.2, 0.25) is 0 Å². The van der Waals surface area contributed by atoms with Crippen LogP contribution in [0.1, 0.15) is 27.2 Å². The number of methoxy groups -OCH3 is 1. The summed E-state index contributed by atoms with van der Waals surface area (Å²) in [5.41, 5.74) is 5.58. The summed E-state index contributed by atoms with van der Waals surface area (Å²) in [5.74, 6) is 0.335. The molecule has 0 saturated heterocycles. The first-order valence-corrected chi connectivity index (χ1v) is 5.77. The second kappa shape index (κ2) is 8.35. The molecule has 0 amide bonds. The second-order valence-corrected chi connectivity index (χ2v) is 4.17. The van der Waals surface area contributed by atoms with Gasteiger partial charge >= 0.3 is 0 Å². The molecule has 0 aliphatic carbocycles. The van der Waals surface area contributed by atoms with Gasteiger partial charge in [-0.15, -0.1) is 0 Å². The fourth-order valence-corrected chi connectivity index (χ4v) is 1.50. The Kier molecular flexibility index (Phi) is 7.93. The van der Waals surface area contributed by atoms with Crippen LogP contribution in [0, 0.1) is 5.92 Å². The molecule has 2 unspecified atom stereocenters. The maximum atomic E-state index is 8.61. The third-order valence-electron chi connectivity index (χ3n) is 2.93. The van der Waals surface area contributed by atoms with E-state index in [1.54, 1.807) is 7.11 Å². The number of rotatable bonds is 8. The van der Waals surface area contributed by atoms with Crippen molar-refractivity contribution in [2.75, 3.05) is 26.8 Å². The molecule has 0 aromatic heterocycles. The first-order valence-electron chi connectivity index (χ1n) is 5.77. The fraction of sp³-hybridized carbons (Fsp3) is 0.909. The third-order valence-corrected chi connectivity index (χ3v) is 2.93. The molecule has 0 aromatic carbocycles. The number of ether oxygens (including phenoxy) is 1. The fourth-order valence-electron chi connectivity index (χ4n) is 1.50. The van der Waals surface area contributed by atoms with Crippen LogP contribution in [0.5, 0.6) is 0 Å². The topological polar surface area (TPSA) is 71.1 Å². The van der Waals surface area contributed by atoms with Crippen molar-refractivity contribution < 1.29 is 9.94 Å². The minimum atomic E-state index is 0.0517. The summed E-state index contributed by atoms with van der Waals surface area (Å²) in [4.78, 5) is 2.30. The van der Waals surface area contributed by atoms with E-state index in [-0.39, 0.29) is 11.8 Å². The molecule has 0 saturated carbocycles. The first kappa shape index (κ1) is 15.2. The normalized spacial score (nSPS) is 16.4. The molecular formula is C11H25N3O2. The molecule has 0 aliphatic rings. The maximum Gasteiger partial charge on any atom is 0.143 e. The monoisotopic (exact) mass is 231 g/mol. The lowest BCUT2D eigenvalue weighted by molar-refractivity contribution is 0.117. The lowest BCUT2D eigenvalue weighted by Gasteiger charge is -2.30. The van der Waals surface area contributed by atoms with E-state index in [4.69, 9.17) is 15.7 Å². The molecule has 5 heteroatoms. The van der Waals surface area contributed by atoms with Gasteiger partial charge < -0.3 is 15.7 Å². The average molecular weight is 231 g/mol. The van der Waals surface area contributed by atoms with Crippen molar-refractivity contribution in [3.63, 3.8) is 0 Å². The molecule has 0 aliphatic heterocycles.